The lowest BCUT2D eigenvalue weighted by Crippen LogP contribution is -2.52. The summed E-state index contributed by atoms with van der Waals surface area (Å²) in [6, 6.07) is 0. The second-order valence-electron chi connectivity index (χ2n) is 3.96. The van der Waals surface area contributed by atoms with Crippen molar-refractivity contribution in [3.63, 3.8) is 0 Å². The number of aliphatic hydroxyl groups excluding tert-OH is 1. The first kappa shape index (κ1) is 8.48. The van der Waals surface area contributed by atoms with E-state index in [2.05, 4.69) is 5.32 Å². The van der Waals surface area contributed by atoms with Gasteiger partial charge in [-0.1, -0.05) is 0 Å². The average molecular weight is 171 g/mol. The van der Waals surface area contributed by atoms with E-state index < -0.39 is 0 Å². The molecule has 2 saturated heterocycles. The number of hydrogen-bond donors (Lipinski definition) is 2. The summed E-state index contributed by atoms with van der Waals surface area (Å²) >= 11 is 0. The van der Waals surface area contributed by atoms with Gasteiger partial charge in [-0.05, 0) is 25.8 Å². The molecule has 2 aliphatic rings. The lowest BCUT2D eigenvalue weighted by Gasteiger charge is -2.42. The van der Waals surface area contributed by atoms with Crippen LogP contribution in [0.4, 0.5) is 0 Å². The molecule has 2 atom stereocenters. The molecule has 2 fully saturated rings. The van der Waals surface area contributed by atoms with Crippen molar-refractivity contribution in [2.24, 2.45) is 0 Å². The summed E-state index contributed by atoms with van der Waals surface area (Å²) in [4.78, 5) is 0. The smallest absolute Gasteiger partial charge is 0.0831 e. The highest BCUT2D eigenvalue weighted by atomic mass is 16.5. The van der Waals surface area contributed by atoms with Crippen molar-refractivity contribution in [2.45, 2.75) is 37.4 Å². The van der Waals surface area contributed by atoms with Gasteiger partial charge >= 0.3 is 0 Å². The SMILES string of the molecule is O[C@H]1CCO[C@@]2(CCCNC2)C1. The van der Waals surface area contributed by atoms with E-state index in [-0.39, 0.29) is 11.7 Å². The zero-order chi connectivity index (χ0) is 8.44. The van der Waals surface area contributed by atoms with E-state index in [1.165, 1.54) is 6.42 Å². The summed E-state index contributed by atoms with van der Waals surface area (Å²) in [7, 11) is 0. The van der Waals surface area contributed by atoms with Gasteiger partial charge in [0, 0.05) is 19.6 Å². The Morgan fingerprint density at radius 2 is 2.42 bits per heavy atom. The summed E-state index contributed by atoms with van der Waals surface area (Å²) in [5.74, 6) is 0. The van der Waals surface area contributed by atoms with Crippen LogP contribution in [0.1, 0.15) is 25.7 Å². The molecule has 0 saturated carbocycles. The van der Waals surface area contributed by atoms with Gasteiger partial charge in [0.1, 0.15) is 0 Å². The van der Waals surface area contributed by atoms with Crippen LogP contribution in [0.15, 0.2) is 0 Å². The first-order valence-electron chi connectivity index (χ1n) is 4.84. The Morgan fingerprint density at radius 1 is 1.50 bits per heavy atom. The maximum atomic E-state index is 9.52. The van der Waals surface area contributed by atoms with Gasteiger partial charge in [0.15, 0.2) is 0 Å². The Bertz CT molecular complexity index is 149. The second-order valence-corrected chi connectivity index (χ2v) is 3.96. The summed E-state index contributed by atoms with van der Waals surface area (Å²) in [6.07, 6.45) is 3.77. The predicted octanol–water partition coefficient (Wildman–Crippen LogP) is 0.280. The molecule has 0 aromatic heterocycles. The minimum absolute atomic E-state index is 0.0318. The number of hydrogen-bond acceptors (Lipinski definition) is 3. The molecule has 0 aromatic rings. The van der Waals surface area contributed by atoms with E-state index in [4.69, 9.17) is 4.74 Å². The molecule has 2 N–H and O–H groups in total. The van der Waals surface area contributed by atoms with Crippen LogP contribution >= 0.6 is 0 Å². The number of ether oxygens (including phenoxy) is 1. The standard InChI is InChI=1S/C9H17NO2/c11-8-2-5-12-9(6-8)3-1-4-10-7-9/h8,10-11H,1-7H2/t8-,9-/m0/s1. The van der Waals surface area contributed by atoms with Crippen LogP contribution < -0.4 is 5.32 Å². The molecule has 2 aliphatic heterocycles. The summed E-state index contributed by atoms with van der Waals surface area (Å²) in [5.41, 5.74) is -0.0318. The Morgan fingerprint density at radius 3 is 3.08 bits per heavy atom. The molecule has 0 aromatic carbocycles. The topological polar surface area (TPSA) is 41.5 Å². The molecular weight excluding hydrogens is 154 g/mol. The van der Waals surface area contributed by atoms with Crippen LogP contribution in [0.5, 0.6) is 0 Å². The van der Waals surface area contributed by atoms with Gasteiger partial charge in [0.2, 0.25) is 0 Å². The monoisotopic (exact) mass is 171 g/mol. The highest BCUT2D eigenvalue weighted by molar-refractivity contribution is 4.91. The summed E-state index contributed by atoms with van der Waals surface area (Å²) < 4.78 is 5.75. The molecule has 0 radical (unpaired) electrons. The maximum absolute atomic E-state index is 9.52. The van der Waals surface area contributed by atoms with Crippen LogP contribution in [0, 0.1) is 0 Å². The van der Waals surface area contributed by atoms with E-state index in [0.29, 0.717) is 0 Å². The van der Waals surface area contributed by atoms with Crippen LogP contribution in [0.3, 0.4) is 0 Å². The van der Waals surface area contributed by atoms with Crippen molar-refractivity contribution >= 4 is 0 Å². The van der Waals surface area contributed by atoms with E-state index in [1.807, 2.05) is 0 Å². The van der Waals surface area contributed by atoms with Crippen LogP contribution in [-0.4, -0.2) is 36.5 Å². The maximum Gasteiger partial charge on any atom is 0.0831 e. The fourth-order valence-electron chi connectivity index (χ4n) is 2.24. The van der Waals surface area contributed by atoms with Crippen molar-refractivity contribution in [2.75, 3.05) is 19.7 Å². The highest BCUT2D eigenvalue weighted by Gasteiger charge is 2.37. The molecular formula is C9H17NO2. The Balaban J connectivity index is 1.97. The van der Waals surface area contributed by atoms with E-state index >= 15 is 0 Å². The molecule has 0 unspecified atom stereocenters. The van der Waals surface area contributed by atoms with Crippen LogP contribution in [-0.2, 0) is 4.74 Å². The van der Waals surface area contributed by atoms with Gasteiger partial charge in [-0.3, -0.25) is 0 Å². The molecule has 2 rings (SSSR count). The zero-order valence-electron chi connectivity index (χ0n) is 7.38. The van der Waals surface area contributed by atoms with Gasteiger partial charge in [0.05, 0.1) is 11.7 Å². The van der Waals surface area contributed by atoms with Gasteiger partial charge in [-0.15, -0.1) is 0 Å². The molecule has 0 aliphatic carbocycles. The number of rotatable bonds is 0. The summed E-state index contributed by atoms with van der Waals surface area (Å²) in [6.45, 7) is 2.74. The minimum atomic E-state index is -0.140. The van der Waals surface area contributed by atoms with Crippen LogP contribution in [0.25, 0.3) is 0 Å². The minimum Gasteiger partial charge on any atom is -0.393 e. The third kappa shape index (κ3) is 1.63. The Hall–Kier alpha value is -0.120. The van der Waals surface area contributed by atoms with E-state index in [9.17, 15) is 5.11 Å². The fourth-order valence-corrected chi connectivity index (χ4v) is 2.24. The molecule has 0 bridgehead atoms. The van der Waals surface area contributed by atoms with E-state index in [0.717, 1.165) is 39.0 Å². The predicted molar refractivity (Wildman–Crippen MR) is 46.0 cm³/mol. The zero-order valence-corrected chi connectivity index (χ0v) is 7.38. The molecule has 3 nitrogen and oxygen atoms in total. The number of piperidine rings is 1. The van der Waals surface area contributed by atoms with Gasteiger partial charge in [-0.25, -0.2) is 0 Å². The van der Waals surface area contributed by atoms with Crippen molar-refractivity contribution in [3.05, 3.63) is 0 Å². The van der Waals surface area contributed by atoms with Crippen molar-refractivity contribution in [3.8, 4) is 0 Å². The van der Waals surface area contributed by atoms with Crippen molar-refractivity contribution in [1.29, 1.82) is 0 Å². The third-order valence-electron chi connectivity index (χ3n) is 2.90. The van der Waals surface area contributed by atoms with Gasteiger partial charge in [0.25, 0.3) is 0 Å². The van der Waals surface area contributed by atoms with Crippen molar-refractivity contribution in [1.82, 2.24) is 5.32 Å². The van der Waals surface area contributed by atoms with Crippen LogP contribution in [0.2, 0.25) is 0 Å². The normalized spacial score (nSPS) is 43.2. The Labute approximate surface area is 73.1 Å². The molecule has 2 heterocycles. The molecule has 70 valence electrons. The van der Waals surface area contributed by atoms with Gasteiger partial charge < -0.3 is 15.2 Å². The lowest BCUT2D eigenvalue weighted by atomic mass is 9.85. The number of nitrogens with one attached hydrogen (secondary N) is 1. The molecule has 12 heavy (non-hydrogen) atoms. The third-order valence-corrected chi connectivity index (χ3v) is 2.90. The van der Waals surface area contributed by atoms with Gasteiger partial charge in [-0.2, -0.15) is 0 Å². The fraction of sp³-hybridized carbons (Fsp3) is 1.00. The molecule has 0 amide bonds. The largest absolute Gasteiger partial charge is 0.393 e. The van der Waals surface area contributed by atoms with Crippen molar-refractivity contribution < 1.29 is 9.84 Å². The first-order chi connectivity index (χ1) is 5.81. The second kappa shape index (κ2) is 3.32. The quantitative estimate of drug-likeness (QED) is 0.550. The summed E-state index contributed by atoms with van der Waals surface area (Å²) in [5, 5.41) is 12.8. The lowest BCUT2D eigenvalue weighted by molar-refractivity contribution is -0.127. The number of aliphatic hydroxyl groups is 1. The molecule has 3 heteroatoms. The average Bonchev–Trinajstić information content (AvgIpc) is 2.05. The van der Waals surface area contributed by atoms with E-state index in [1.54, 1.807) is 0 Å². The molecule has 1 spiro atoms. The highest BCUT2D eigenvalue weighted by Crippen LogP contribution is 2.30. The Kier molecular flexibility index (Phi) is 2.35. The first-order valence-corrected chi connectivity index (χ1v) is 4.84.